The van der Waals surface area contributed by atoms with E-state index < -0.39 is 10.0 Å². The minimum atomic E-state index is -3.85. The number of sulfonamides is 1. The van der Waals surface area contributed by atoms with Gasteiger partial charge in [0.15, 0.2) is 5.58 Å². The molecule has 0 bridgehead atoms. The molecule has 184 valence electrons. The molecule has 1 aromatic heterocycles. The molecule has 4 rings (SSSR count). The highest BCUT2D eigenvalue weighted by atomic mass is 35.5. The number of piperidine rings is 1. The van der Waals surface area contributed by atoms with Gasteiger partial charge in [0.2, 0.25) is 10.0 Å². The molecule has 3 N–H and O–H groups in total. The fourth-order valence-electron chi connectivity index (χ4n) is 4.10. The van der Waals surface area contributed by atoms with Crippen LogP contribution in [0.1, 0.15) is 32.3 Å². The SMILES string of the molecule is CCOc1cc(CN(c2nc3cc(S(N)(=O)=O)ccc3o2)C2CCNCC2)c(Cl)c(OCC)c1. The smallest absolute Gasteiger partial charge is 0.298 e. The van der Waals surface area contributed by atoms with E-state index in [1.807, 2.05) is 19.9 Å². The van der Waals surface area contributed by atoms with Gasteiger partial charge in [0.25, 0.3) is 6.01 Å². The first-order chi connectivity index (χ1) is 16.3. The molecule has 9 nitrogen and oxygen atoms in total. The number of nitrogens with zero attached hydrogens (tertiary/aromatic N) is 2. The summed E-state index contributed by atoms with van der Waals surface area (Å²) in [7, 11) is -3.85. The number of hydrogen-bond donors (Lipinski definition) is 2. The number of ether oxygens (including phenoxy) is 2. The number of halogens is 1. The summed E-state index contributed by atoms with van der Waals surface area (Å²) in [6.07, 6.45) is 1.78. The van der Waals surface area contributed by atoms with Crippen molar-refractivity contribution in [2.75, 3.05) is 31.2 Å². The minimum absolute atomic E-state index is 0.0120. The maximum atomic E-state index is 11.8. The van der Waals surface area contributed by atoms with E-state index in [0.29, 0.717) is 53.4 Å². The van der Waals surface area contributed by atoms with Crippen molar-refractivity contribution in [2.45, 2.75) is 44.2 Å². The van der Waals surface area contributed by atoms with E-state index in [1.165, 1.54) is 12.1 Å². The van der Waals surface area contributed by atoms with Crippen LogP contribution in [0.2, 0.25) is 5.02 Å². The van der Waals surface area contributed by atoms with Crippen molar-refractivity contribution in [2.24, 2.45) is 5.14 Å². The first-order valence-electron chi connectivity index (χ1n) is 11.3. The Morgan fingerprint density at radius 1 is 1.18 bits per heavy atom. The van der Waals surface area contributed by atoms with Crippen LogP contribution in [-0.2, 0) is 16.6 Å². The molecule has 3 aromatic rings. The molecule has 0 atom stereocenters. The number of rotatable bonds is 9. The fraction of sp³-hybridized carbons (Fsp3) is 0.435. The molecule has 2 heterocycles. The molecule has 1 aliphatic heterocycles. The number of oxazole rings is 1. The van der Waals surface area contributed by atoms with Gasteiger partial charge in [0, 0.05) is 18.7 Å². The van der Waals surface area contributed by atoms with E-state index in [2.05, 4.69) is 15.2 Å². The lowest BCUT2D eigenvalue weighted by Gasteiger charge is -2.34. The number of benzene rings is 2. The lowest BCUT2D eigenvalue weighted by atomic mass is 10.0. The average molecular weight is 509 g/mol. The average Bonchev–Trinajstić information content (AvgIpc) is 3.23. The fourth-order valence-corrected chi connectivity index (χ4v) is 4.86. The zero-order valence-electron chi connectivity index (χ0n) is 19.2. The van der Waals surface area contributed by atoms with Crippen molar-refractivity contribution in [3.8, 4) is 11.5 Å². The number of aromatic nitrogens is 1. The van der Waals surface area contributed by atoms with Gasteiger partial charge in [-0.2, -0.15) is 4.98 Å². The number of nitrogens with one attached hydrogen (secondary N) is 1. The van der Waals surface area contributed by atoms with Crippen LogP contribution in [0.4, 0.5) is 6.01 Å². The topological polar surface area (TPSA) is 120 Å². The zero-order valence-corrected chi connectivity index (χ0v) is 20.8. The predicted octanol–water partition coefficient (Wildman–Crippen LogP) is 3.68. The van der Waals surface area contributed by atoms with E-state index in [4.69, 9.17) is 30.6 Å². The quantitative estimate of drug-likeness (QED) is 0.449. The number of anilines is 1. The molecule has 0 radical (unpaired) electrons. The van der Waals surface area contributed by atoms with Crippen LogP contribution < -0.4 is 24.8 Å². The summed E-state index contributed by atoms with van der Waals surface area (Å²) < 4.78 is 41.1. The number of primary sulfonamides is 1. The van der Waals surface area contributed by atoms with Crippen molar-refractivity contribution in [1.29, 1.82) is 0 Å². The van der Waals surface area contributed by atoms with Crippen LogP contribution in [0.3, 0.4) is 0 Å². The van der Waals surface area contributed by atoms with Gasteiger partial charge in [-0.1, -0.05) is 11.6 Å². The van der Waals surface area contributed by atoms with Crippen molar-refractivity contribution in [1.82, 2.24) is 10.3 Å². The van der Waals surface area contributed by atoms with Gasteiger partial charge in [-0.05, 0) is 69.6 Å². The summed E-state index contributed by atoms with van der Waals surface area (Å²) in [5, 5.41) is 9.17. The van der Waals surface area contributed by atoms with Gasteiger partial charge in [-0.3, -0.25) is 0 Å². The predicted molar refractivity (Wildman–Crippen MR) is 131 cm³/mol. The lowest BCUT2D eigenvalue weighted by molar-refractivity contribution is 0.322. The van der Waals surface area contributed by atoms with Crippen LogP contribution >= 0.6 is 11.6 Å². The maximum Gasteiger partial charge on any atom is 0.298 e. The normalized spacial score (nSPS) is 14.9. The highest BCUT2D eigenvalue weighted by molar-refractivity contribution is 7.89. The minimum Gasteiger partial charge on any atom is -0.494 e. The summed E-state index contributed by atoms with van der Waals surface area (Å²) in [4.78, 5) is 6.68. The van der Waals surface area contributed by atoms with Crippen LogP contribution in [0, 0.1) is 0 Å². The summed E-state index contributed by atoms with van der Waals surface area (Å²) in [6.45, 7) is 6.97. The van der Waals surface area contributed by atoms with Crippen molar-refractivity contribution >= 4 is 38.7 Å². The number of nitrogens with two attached hydrogens (primary N) is 1. The monoisotopic (exact) mass is 508 g/mol. The molecular formula is C23H29ClN4O5S. The summed E-state index contributed by atoms with van der Waals surface area (Å²) in [5.41, 5.74) is 1.72. The van der Waals surface area contributed by atoms with Gasteiger partial charge in [0.1, 0.15) is 17.0 Å². The number of hydrogen-bond acceptors (Lipinski definition) is 8. The van der Waals surface area contributed by atoms with Crippen LogP contribution in [0.25, 0.3) is 11.1 Å². The van der Waals surface area contributed by atoms with Gasteiger partial charge >= 0.3 is 0 Å². The Morgan fingerprint density at radius 2 is 1.91 bits per heavy atom. The molecule has 0 amide bonds. The van der Waals surface area contributed by atoms with E-state index in [0.717, 1.165) is 31.5 Å². The van der Waals surface area contributed by atoms with Gasteiger partial charge in [-0.25, -0.2) is 13.6 Å². The third-order valence-electron chi connectivity index (χ3n) is 5.71. The van der Waals surface area contributed by atoms with Crippen molar-refractivity contribution < 1.29 is 22.3 Å². The molecule has 2 aromatic carbocycles. The van der Waals surface area contributed by atoms with E-state index >= 15 is 0 Å². The summed E-state index contributed by atoms with van der Waals surface area (Å²) in [6, 6.07) is 8.65. The third-order valence-corrected chi connectivity index (χ3v) is 7.05. The van der Waals surface area contributed by atoms with Crippen molar-refractivity contribution in [3.63, 3.8) is 0 Å². The number of fused-ring (bicyclic) bond motifs is 1. The van der Waals surface area contributed by atoms with E-state index in [-0.39, 0.29) is 10.9 Å². The molecule has 1 saturated heterocycles. The van der Waals surface area contributed by atoms with Crippen molar-refractivity contribution in [3.05, 3.63) is 40.9 Å². The molecule has 0 saturated carbocycles. The van der Waals surface area contributed by atoms with Crippen LogP contribution in [-0.4, -0.2) is 45.7 Å². The standard InChI is InChI=1S/C23H29ClN4O5S/c1-3-31-17-11-15(22(24)21(12-17)32-4-2)14-28(16-7-9-26-10-8-16)23-27-19-13-18(34(25,29)30)5-6-20(19)33-23/h5-6,11-13,16,26H,3-4,7-10,14H2,1-2H3,(H2,25,29,30). The Kier molecular flexibility index (Phi) is 7.51. The summed E-state index contributed by atoms with van der Waals surface area (Å²) in [5.74, 6) is 1.23. The molecule has 34 heavy (non-hydrogen) atoms. The lowest BCUT2D eigenvalue weighted by Crippen LogP contribution is -2.43. The Hall–Kier alpha value is -2.53. The van der Waals surface area contributed by atoms with Gasteiger partial charge < -0.3 is 24.1 Å². The Bertz CT molecular complexity index is 1260. The van der Waals surface area contributed by atoms with E-state index in [1.54, 1.807) is 12.1 Å². The maximum absolute atomic E-state index is 11.8. The first-order valence-corrected chi connectivity index (χ1v) is 13.2. The zero-order chi connectivity index (χ0) is 24.3. The van der Waals surface area contributed by atoms with E-state index in [9.17, 15) is 8.42 Å². The Balaban J connectivity index is 1.76. The molecule has 0 unspecified atom stereocenters. The second-order valence-corrected chi connectivity index (χ2v) is 9.98. The highest BCUT2D eigenvalue weighted by Crippen LogP contribution is 2.36. The molecule has 1 aliphatic rings. The van der Waals surface area contributed by atoms with Crippen LogP contribution in [0.15, 0.2) is 39.6 Å². The van der Waals surface area contributed by atoms with Crippen LogP contribution in [0.5, 0.6) is 11.5 Å². The second-order valence-electron chi connectivity index (χ2n) is 8.04. The Labute approximate surface area is 204 Å². The first kappa shape index (κ1) is 24.6. The van der Waals surface area contributed by atoms with Gasteiger partial charge in [0.05, 0.1) is 23.1 Å². The highest BCUT2D eigenvalue weighted by Gasteiger charge is 2.27. The Morgan fingerprint density at radius 3 is 2.59 bits per heavy atom. The largest absolute Gasteiger partial charge is 0.494 e. The van der Waals surface area contributed by atoms with Gasteiger partial charge in [-0.15, -0.1) is 0 Å². The molecule has 0 spiro atoms. The molecule has 0 aliphatic carbocycles. The summed E-state index contributed by atoms with van der Waals surface area (Å²) >= 11 is 6.73. The molecular weight excluding hydrogens is 480 g/mol. The third kappa shape index (κ3) is 5.41. The molecule has 11 heteroatoms. The molecule has 1 fully saturated rings. The second kappa shape index (κ2) is 10.4.